The van der Waals surface area contributed by atoms with Crippen LogP contribution >= 0.6 is 12.2 Å². The van der Waals surface area contributed by atoms with Crippen molar-refractivity contribution in [3.05, 3.63) is 23.8 Å². The molecule has 142 valence electrons. The van der Waals surface area contributed by atoms with Gasteiger partial charge in [-0.1, -0.05) is 0 Å². The smallest absolute Gasteiger partial charge is 0.247 e. The molecule has 2 aliphatic heterocycles. The van der Waals surface area contributed by atoms with Crippen LogP contribution in [0.15, 0.2) is 23.3 Å². The van der Waals surface area contributed by atoms with Gasteiger partial charge in [-0.3, -0.25) is 0 Å². The molecule has 1 saturated heterocycles. The third-order valence-electron chi connectivity index (χ3n) is 4.15. The van der Waals surface area contributed by atoms with Crippen molar-refractivity contribution < 1.29 is 14.2 Å². The summed E-state index contributed by atoms with van der Waals surface area (Å²) in [6.07, 6.45) is 1.67. The van der Waals surface area contributed by atoms with Crippen molar-refractivity contribution >= 4 is 35.4 Å². The van der Waals surface area contributed by atoms with Gasteiger partial charge in [-0.25, -0.2) is 5.01 Å². The SMILES string of the molecule is CN(/N=C/c1ccc2c(c1)OCO2)C(=S)n1nc(N2CCOCC2)nc1N. The predicted octanol–water partition coefficient (Wildman–Crippen LogP) is 0.524. The van der Waals surface area contributed by atoms with Gasteiger partial charge in [-0.2, -0.15) is 14.8 Å². The van der Waals surface area contributed by atoms with Crippen molar-refractivity contribution in [1.82, 2.24) is 19.8 Å². The van der Waals surface area contributed by atoms with E-state index in [-0.39, 0.29) is 12.7 Å². The Kier molecular flexibility index (Phi) is 4.77. The molecule has 3 heterocycles. The van der Waals surface area contributed by atoms with Gasteiger partial charge < -0.3 is 24.8 Å². The Morgan fingerprint density at radius 2 is 2.07 bits per heavy atom. The Balaban J connectivity index is 1.46. The van der Waals surface area contributed by atoms with Crippen LogP contribution < -0.4 is 20.1 Å². The van der Waals surface area contributed by atoms with Gasteiger partial charge in [0.15, 0.2) is 11.5 Å². The molecule has 0 atom stereocenters. The highest BCUT2D eigenvalue weighted by molar-refractivity contribution is 7.80. The van der Waals surface area contributed by atoms with E-state index in [9.17, 15) is 0 Å². The fraction of sp³-hybridized carbons (Fsp3) is 0.375. The zero-order valence-electron chi connectivity index (χ0n) is 14.7. The summed E-state index contributed by atoms with van der Waals surface area (Å²) in [7, 11) is 1.72. The lowest BCUT2D eigenvalue weighted by molar-refractivity contribution is 0.122. The zero-order chi connectivity index (χ0) is 18.8. The van der Waals surface area contributed by atoms with Crippen LogP contribution in [0.25, 0.3) is 0 Å². The number of nitrogens with two attached hydrogens (primary N) is 1. The van der Waals surface area contributed by atoms with Crippen LogP contribution in [0.4, 0.5) is 11.9 Å². The lowest BCUT2D eigenvalue weighted by atomic mass is 10.2. The second-order valence-corrected chi connectivity index (χ2v) is 6.31. The van der Waals surface area contributed by atoms with Crippen molar-refractivity contribution in [2.45, 2.75) is 0 Å². The summed E-state index contributed by atoms with van der Waals surface area (Å²) in [4.78, 5) is 6.31. The third kappa shape index (κ3) is 3.64. The number of hydrogen-bond donors (Lipinski definition) is 1. The third-order valence-corrected chi connectivity index (χ3v) is 4.59. The first kappa shape index (κ1) is 17.5. The number of nitrogens with zero attached hydrogens (tertiary/aromatic N) is 6. The summed E-state index contributed by atoms with van der Waals surface area (Å²) in [5, 5.41) is 10.6. The van der Waals surface area contributed by atoms with Crippen LogP contribution in [0.2, 0.25) is 0 Å². The minimum Gasteiger partial charge on any atom is -0.454 e. The molecule has 0 aliphatic carbocycles. The van der Waals surface area contributed by atoms with E-state index in [0.29, 0.717) is 43.1 Å². The average molecular weight is 389 g/mol. The predicted molar refractivity (Wildman–Crippen MR) is 103 cm³/mol. The molecule has 0 saturated carbocycles. The summed E-state index contributed by atoms with van der Waals surface area (Å²) < 4.78 is 17.4. The highest BCUT2D eigenvalue weighted by Crippen LogP contribution is 2.32. The van der Waals surface area contributed by atoms with E-state index in [2.05, 4.69) is 15.2 Å². The van der Waals surface area contributed by atoms with E-state index >= 15 is 0 Å². The lowest BCUT2D eigenvalue weighted by Crippen LogP contribution is -2.37. The van der Waals surface area contributed by atoms with Crippen LogP contribution in [0.1, 0.15) is 5.56 Å². The second kappa shape index (κ2) is 7.37. The van der Waals surface area contributed by atoms with Gasteiger partial charge in [-0.05, 0) is 36.0 Å². The second-order valence-electron chi connectivity index (χ2n) is 5.94. The number of ether oxygens (including phenoxy) is 3. The van der Waals surface area contributed by atoms with Crippen LogP contribution in [-0.4, -0.2) is 71.2 Å². The van der Waals surface area contributed by atoms with Gasteiger partial charge in [0.2, 0.25) is 23.8 Å². The maximum absolute atomic E-state index is 5.99. The minimum atomic E-state index is 0.214. The molecule has 2 aliphatic rings. The number of anilines is 2. The summed E-state index contributed by atoms with van der Waals surface area (Å²) in [5.41, 5.74) is 6.85. The molecule has 1 aromatic carbocycles. The van der Waals surface area contributed by atoms with Crippen LogP contribution in [-0.2, 0) is 4.74 Å². The largest absolute Gasteiger partial charge is 0.454 e. The Bertz CT molecular complexity index is 879. The normalized spacial score (nSPS) is 16.1. The van der Waals surface area contributed by atoms with Gasteiger partial charge in [0.1, 0.15) is 0 Å². The molecule has 1 aromatic heterocycles. The average Bonchev–Trinajstić information content (AvgIpc) is 3.32. The number of hydrogen-bond acceptors (Lipinski definition) is 9. The number of aromatic nitrogens is 3. The molecule has 0 radical (unpaired) electrons. The fourth-order valence-corrected chi connectivity index (χ4v) is 2.87. The molecule has 0 unspecified atom stereocenters. The Morgan fingerprint density at radius 1 is 1.30 bits per heavy atom. The van der Waals surface area contributed by atoms with E-state index in [1.54, 1.807) is 13.3 Å². The highest BCUT2D eigenvalue weighted by atomic mass is 32.1. The first-order valence-corrected chi connectivity index (χ1v) is 8.79. The molecule has 10 nitrogen and oxygen atoms in total. The Morgan fingerprint density at radius 3 is 2.89 bits per heavy atom. The van der Waals surface area contributed by atoms with Gasteiger partial charge in [0.05, 0.1) is 19.4 Å². The zero-order valence-corrected chi connectivity index (χ0v) is 15.6. The summed E-state index contributed by atoms with van der Waals surface area (Å²) in [6, 6.07) is 5.57. The number of nitrogen functional groups attached to an aromatic ring is 1. The van der Waals surface area contributed by atoms with Crippen molar-refractivity contribution in [1.29, 1.82) is 0 Å². The number of fused-ring (bicyclic) bond motifs is 1. The van der Waals surface area contributed by atoms with Crippen LogP contribution in [0.3, 0.4) is 0 Å². The number of thiocarbonyl (C=S) groups is 1. The van der Waals surface area contributed by atoms with Crippen molar-refractivity contribution in [2.75, 3.05) is 50.8 Å². The Hall–Kier alpha value is -2.92. The maximum Gasteiger partial charge on any atom is 0.247 e. The fourth-order valence-electron chi connectivity index (χ4n) is 2.68. The first-order valence-electron chi connectivity index (χ1n) is 8.39. The maximum atomic E-state index is 5.99. The van der Waals surface area contributed by atoms with E-state index in [1.165, 1.54) is 9.69 Å². The molecule has 2 N–H and O–H groups in total. The molecule has 2 aromatic rings. The molecular weight excluding hydrogens is 370 g/mol. The lowest BCUT2D eigenvalue weighted by Gasteiger charge is -2.25. The van der Waals surface area contributed by atoms with E-state index in [4.69, 9.17) is 32.2 Å². The highest BCUT2D eigenvalue weighted by Gasteiger charge is 2.20. The summed E-state index contributed by atoms with van der Waals surface area (Å²) >= 11 is 5.44. The number of morpholine rings is 1. The van der Waals surface area contributed by atoms with Gasteiger partial charge in [0, 0.05) is 20.1 Å². The summed E-state index contributed by atoms with van der Waals surface area (Å²) in [6.45, 7) is 2.94. The standard InChI is InChI=1S/C16H19N7O3S/c1-21(18-9-11-2-3-12-13(8-11)26-10-25-12)16(27)23-14(17)19-15(20-23)22-4-6-24-7-5-22/h2-3,8-9H,4-7,10H2,1H3,(H2,17,19,20)/b18-9+. The number of rotatable bonds is 3. The monoisotopic (exact) mass is 389 g/mol. The summed E-state index contributed by atoms with van der Waals surface area (Å²) in [5.74, 6) is 2.17. The van der Waals surface area contributed by atoms with Gasteiger partial charge in [-0.15, -0.1) is 5.10 Å². The number of hydrazone groups is 1. The molecule has 1 fully saturated rings. The molecule has 11 heteroatoms. The van der Waals surface area contributed by atoms with E-state index in [0.717, 1.165) is 11.3 Å². The molecule has 0 bridgehead atoms. The van der Waals surface area contributed by atoms with Crippen LogP contribution in [0, 0.1) is 0 Å². The quantitative estimate of drug-likeness (QED) is 0.457. The first-order chi connectivity index (χ1) is 13.1. The van der Waals surface area contributed by atoms with E-state index in [1.807, 2.05) is 23.1 Å². The van der Waals surface area contributed by atoms with Crippen molar-refractivity contribution in [2.24, 2.45) is 5.10 Å². The minimum absolute atomic E-state index is 0.214. The van der Waals surface area contributed by atoms with Crippen molar-refractivity contribution in [3.8, 4) is 11.5 Å². The molecule has 0 amide bonds. The van der Waals surface area contributed by atoms with E-state index < -0.39 is 0 Å². The Labute approximate surface area is 161 Å². The number of benzene rings is 1. The van der Waals surface area contributed by atoms with Gasteiger partial charge >= 0.3 is 0 Å². The van der Waals surface area contributed by atoms with Crippen molar-refractivity contribution in [3.63, 3.8) is 0 Å². The van der Waals surface area contributed by atoms with Gasteiger partial charge in [0.25, 0.3) is 0 Å². The molecular formula is C16H19N7O3S. The molecule has 4 rings (SSSR count). The van der Waals surface area contributed by atoms with Crippen LogP contribution in [0.5, 0.6) is 11.5 Å². The molecule has 27 heavy (non-hydrogen) atoms. The molecule has 0 spiro atoms. The topological polar surface area (TPSA) is 103 Å².